The molecule has 1 aliphatic rings. The van der Waals surface area contributed by atoms with Crippen LogP contribution in [0.3, 0.4) is 0 Å². The number of hydrogen-bond donors (Lipinski definition) is 0. The molecule has 0 saturated heterocycles. The maximum absolute atomic E-state index is 12.9. The fraction of sp³-hybridized carbons (Fsp3) is 0.227. The molecule has 0 unspecified atom stereocenters. The lowest BCUT2D eigenvalue weighted by atomic mass is 9.87. The minimum Gasteiger partial charge on any atom is -0.493 e. The van der Waals surface area contributed by atoms with E-state index in [9.17, 15) is 4.79 Å². The maximum Gasteiger partial charge on any atom is 0.185 e. The smallest absolute Gasteiger partial charge is 0.185 e. The summed E-state index contributed by atoms with van der Waals surface area (Å²) < 4.78 is 11.6. The normalized spacial score (nSPS) is 17.6. The van der Waals surface area contributed by atoms with E-state index in [1.165, 1.54) is 0 Å². The fourth-order valence-electron chi connectivity index (χ4n) is 3.10. The summed E-state index contributed by atoms with van der Waals surface area (Å²) in [6, 6.07) is 13.6. The third-order valence-corrected chi connectivity index (χ3v) is 5.18. The molecule has 0 atom stereocenters. The van der Waals surface area contributed by atoms with E-state index in [-0.39, 0.29) is 5.78 Å². The highest BCUT2D eigenvalue weighted by Gasteiger charge is 2.21. The van der Waals surface area contributed by atoms with Crippen LogP contribution in [0.4, 0.5) is 0 Å². The molecule has 3 rings (SSSR count). The molecule has 1 saturated carbocycles. The summed E-state index contributed by atoms with van der Waals surface area (Å²) in [6.45, 7) is 0. The average Bonchev–Trinajstić information content (AvgIpc) is 2.66. The van der Waals surface area contributed by atoms with Crippen molar-refractivity contribution in [1.82, 2.24) is 0 Å². The number of rotatable bonds is 4. The van der Waals surface area contributed by atoms with Gasteiger partial charge < -0.3 is 9.47 Å². The van der Waals surface area contributed by atoms with Crippen molar-refractivity contribution in [2.75, 3.05) is 14.2 Å². The summed E-state index contributed by atoms with van der Waals surface area (Å²) in [5.74, 6) is 1.47. The highest BCUT2D eigenvalue weighted by atomic mass is 79.9. The van der Waals surface area contributed by atoms with E-state index in [4.69, 9.17) is 9.47 Å². The Hall–Kier alpha value is -2.33. The van der Waals surface area contributed by atoms with Crippen molar-refractivity contribution in [1.29, 1.82) is 0 Å². The molecular weight excluding hydrogens is 392 g/mol. The van der Waals surface area contributed by atoms with Gasteiger partial charge in [-0.15, -0.1) is 0 Å². The molecule has 0 aromatic heterocycles. The molecule has 3 nitrogen and oxygen atoms in total. The van der Waals surface area contributed by atoms with Crippen LogP contribution >= 0.6 is 15.9 Å². The van der Waals surface area contributed by atoms with Crippen LogP contribution in [0.2, 0.25) is 0 Å². The molecule has 0 N–H and O–H groups in total. The summed E-state index contributed by atoms with van der Waals surface area (Å²) in [5.41, 5.74) is 3.66. The monoisotopic (exact) mass is 412 g/mol. The number of benzene rings is 2. The lowest BCUT2D eigenvalue weighted by molar-refractivity contribution is -0.112. The van der Waals surface area contributed by atoms with Crippen molar-refractivity contribution in [3.05, 3.63) is 69.2 Å². The number of halogens is 1. The van der Waals surface area contributed by atoms with Gasteiger partial charge in [0.2, 0.25) is 0 Å². The van der Waals surface area contributed by atoms with Crippen LogP contribution in [0, 0.1) is 0 Å². The molecule has 134 valence electrons. The van der Waals surface area contributed by atoms with Crippen molar-refractivity contribution in [2.45, 2.75) is 19.3 Å². The number of carbonyl (C=O) groups is 1. The number of carbonyl (C=O) groups excluding carboxylic acids is 1. The van der Waals surface area contributed by atoms with Crippen molar-refractivity contribution < 1.29 is 14.3 Å². The summed E-state index contributed by atoms with van der Waals surface area (Å²) in [5, 5.41) is 0. The second kappa shape index (κ2) is 8.37. The van der Waals surface area contributed by atoms with E-state index in [1.54, 1.807) is 14.2 Å². The standard InChI is InChI=1S/C22H21BrO3/c1-25-20-11-10-15(13-21(20)26-2)12-17-7-5-8-18(22(17)24)14-16-6-3-4-9-19(16)23/h3-4,6,9-14H,5,7-8H2,1-2H3/b17-12+,18-14+. The maximum atomic E-state index is 12.9. The van der Waals surface area contributed by atoms with E-state index in [2.05, 4.69) is 15.9 Å². The minimum absolute atomic E-state index is 0.127. The van der Waals surface area contributed by atoms with Crippen LogP contribution in [0.1, 0.15) is 30.4 Å². The van der Waals surface area contributed by atoms with Gasteiger partial charge in [-0.25, -0.2) is 0 Å². The number of ketones is 1. The van der Waals surface area contributed by atoms with Gasteiger partial charge in [-0.2, -0.15) is 0 Å². The van der Waals surface area contributed by atoms with Crippen molar-refractivity contribution in [3.8, 4) is 11.5 Å². The fourth-order valence-corrected chi connectivity index (χ4v) is 3.50. The molecule has 0 radical (unpaired) electrons. The minimum atomic E-state index is 0.127. The van der Waals surface area contributed by atoms with Crippen molar-refractivity contribution >= 4 is 33.9 Å². The summed E-state index contributed by atoms with van der Waals surface area (Å²) >= 11 is 3.55. The Kier molecular flexibility index (Phi) is 5.94. The van der Waals surface area contributed by atoms with Crippen LogP contribution in [0.15, 0.2) is 58.1 Å². The van der Waals surface area contributed by atoms with Crippen LogP contribution < -0.4 is 9.47 Å². The van der Waals surface area contributed by atoms with Gasteiger partial charge in [-0.3, -0.25) is 4.79 Å². The number of allylic oxidation sites excluding steroid dienone is 2. The van der Waals surface area contributed by atoms with Gasteiger partial charge in [-0.1, -0.05) is 40.2 Å². The molecule has 2 aromatic rings. The lowest BCUT2D eigenvalue weighted by Crippen LogP contribution is -2.12. The number of hydrogen-bond acceptors (Lipinski definition) is 3. The second-order valence-corrected chi connectivity index (χ2v) is 7.01. The molecule has 0 aliphatic heterocycles. The van der Waals surface area contributed by atoms with Crippen molar-refractivity contribution in [2.24, 2.45) is 0 Å². The second-order valence-electron chi connectivity index (χ2n) is 6.16. The molecule has 26 heavy (non-hydrogen) atoms. The SMILES string of the molecule is COc1ccc(/C=C2\CCC/C(=C\c3ccccc3Br)C2=O)cc1OC. The topological polar surface area (TPSA) is 35.5 Å². The number of methoxy groups -OCH3 is 2. The van der Waals surface area contributed by atoms with Crippen molar-refractivity contribution in [3.63, 3.8) is 0 Å². The highest BCUT2D eigenvalue weighted by Crippen LogP contribution is 2.32. The van der Waals surface area contributed by atoms with E-state index >= 15 is 0 Å². The first kappa shape index (κ1) is 18.5. The van der Waals surface area contributed by atoms with Crippen LogP contribution in [0.25, 0.3) is 12.2 Å². The average molecular weight is 413 g/mol. The Morgan fingerprint density at radius 3 is 2.31 bits per heavy atom. The molecule has 1 aliphatic carbocycles. The van der Waals surface area contributed by atoms with E-state index in [0.29, 0.717) is 11.5 Å². The number of Topliss-reactive ketones (excluding diaryl/α,β-unsaturated/α-hetero) is 1. The predicted octanol–water partition coefficient (Wildman–Crippen LogP) is 5.69. The Morgan fingerprint density at radius 1 is 0.923 bits per heavy atom. The molecule has 0 heterocycles. The largest absolute Gasteiger partial charge is 0.493 e. The summed E-state index contributed by atoms with van der Waals surface area (Å²) in [4.78, 5) is 12.9. The first-order valence-corrected chi connectivity index (χ1v) is 9.34. The Bertz CT molecular complexity index is 881. The predicted molar refractivity (Wildman–Crippen MR) is 109 cm³/mol. The zero-order chi connectivity index (χ0) is 18.5. The molecule has 0 bridgehead atoms. The molecule has 1 fully saturated rings. The Labute approximate surface area is 162 Å². The molecule has 2 aromatic carbocycles. The molecule has 0 spiro atoms. The quantitative estimate of drug-likeness (QED) is 0.605. The first-order valence-electron chi connectivity index (χ1n) is 8.55. The Balaban J connectivity index is 1.90. The number of ether oxygens (including phenoxy) is 2. The van der Waals surface area contributed by atoms with Crippen LogP contribution in [0.5, 0.6) is 11.5 Å². The lowest BCUT2D eigenvalue weighted by Gasteiger charge is -2.17. The Morgan fingerprint density at radius 2 is 1.62 bits per heavy atom. The summed E-state index contributed by atoms with van der Waals surface area (Å²) in [7, 11) is 3.22. The zero-order valence-corrected chi connectivity index (χ0v) is 16.5. The van der Waals surface area contributed by atoms with Crippen LogP contribution in [-0.4, -0.2) is 20.0 Å². The highest BCUT2D eigenvalue weighted by molar-refractivity contribution is 9.10. The molecule has 4 heteroatoms. The zero-order valence-electron chi connectivity index (χ0n) is 14.9. The first-order chi connectivity index (χ1) is 12.6. The van der Waals surface area contributed by atoms with Gasteiger partial charge in [-0.05, 0) is 60.7 Å². The van der Waals surface area contributed by atoms with E-state index in [1.807, 2.05) is 54.6 Å². The van der Waals surface area contributed by atoms with Gasteiger partial charge in [0.15, 0.2) is 17.3 Å². The van der Waals surface area contributed by atoms with Gasteiger partial charge >= 0.3 is 0 Å². The van der Waals surface area contributed by atoms with Gasteiger partial charge in [0.25, 0.3) is 0 Å². The van der Waals surface area contributed by atoms with Gasteiger partial charge in [0, 0.05) is 15.6 Å². The van der Waals surface area contributed by atoms with Gasteiger partial charge in [0.05, 0.1) is 14.2 Å². The molecule has 0 amide bonds. The third kappa shape index (κ3) is 4.07. The van der Waals surface area contributed by atoms with Crippen LogP contribution in [-0.2, 0) is 4.79 Å². The van der Waals surface area contributed by atoms with E-state index in [0.717, 1.165) is 46.0 Å². The third-order valence-electron chi connectivity index (χ3n) is 4.46. The summed E-state index contributed by atoms with van der Waals surface area (Å²) in [6.07, 6.45) is 6.52. The molecular formula is C22H21BrO3. The van der Waals surface area contributed by atoms with E-state index < -0.39 is 0 Å². The van der Waals surface area contributed by atoms with Gasteiger partial charge in [0.1, 0.15) is 0 Å².